The van der Waals surface area contributed by atoms with Gasteiger partial charge in [-0.05, 0) is 59.5 Å². The summed E-state index contributed by atoms with van der Waals surface area (Å²) < 4.78 is 0.947. The lowest BCUT2D eigenvalue weighted by Gasteiger charge is -2.38. The first kappa shape index (κ1) is 14.5. The van der Waals surface area contributed by atoms with Gasteiger partial charge in [-0.3, -0.25) is 0 Å². The Kier molecular flexibility index (Phi) is 4.00. The quantitative estimate of drug-likeness (QED) is 0.796. The average molecular weight is 361 g/mol. The van der Waals surface area contributed by atoms with E-state index in [1.165, 1.54) is 11.3 Å². The Balaban J connectivity index is 2.21. The number of nitrogens with two attached hydrogens (primary N) is 1. The van der Waals surface area contributed by atoms with Gasteiger partial charge in [0.1, 0.15) is 4.99 Å². The van der Waals surface area contributed by atoms with E-state index in [1.807, 2.05) is 12.1 Å². The van der Waals surface area contributed by atoms with Crippen LogP contribution in [0, 0.1) is 0 Å². The lowest BCUT2D eigenvalue weighted by molar-refractivity contribution is 0.618. The number of para-hydroxylation sites is 1. The van der Waals surface area contributed by atoms with E-state index < -0.39 is 0 Å². The van der Waals surface area contributed by atoms with E-state index in [1.54, 1.807) is 0 Å². The number of aryl methyl sites for hydroxylation is 1. The van der Waals surface area contributed by atoms with Crippen molar-refractivity contribution >= 4 is 44.5 Å². The second kappa shape index (κ2) is 5.78. The molecule has 0 bridgehead atoms. The summed E-state index contributed by atoms with van der Waals surface area (Å²) in [7, 11) is 0. The summed E-state index contributed by atoms with van der Waals surface area (Å²) in [6.07, 6.45) is 2.24. The van der Waals surface area contributed by atoms with Crippen LogP contribution in [0.3, 0.4) is 0 Å². The third-order valence-corrected chi connectivity index (χ3v) is 4.89. The minimum absolute atomic E-state index is 0.419. The molecule has 2 N–H and O–H groups in total. The van der Waals surface area contributed by atoms with Crippen LogP contribution in [0.5, 0.6) is 0 Å². The van der Waals surface area contributed by atoms with E-state index >= 15 is 0 Å². The third-order valence-electron chi connectivity index (χ3n) is 4.02. The highest BCUT2D eigenvalue weighted by molar-refractivity contribution is 9.10. The molecule has 4 heteroatoms. The maximum absolute atomic E-state index is 5.96. The fourth-order valence-electron chi connectivity index (χ4n) is 3.01. The number of halogens is 1. The molecular weight excluding hydrogens is 344 g/mol. The zero-order valence-corrected chi connectivity index (χ0v) is 14.2. The summed E-state index contributed by atoms with van der Waals surface area (Å²) in [5.74, 6) is 0. The molecule has 0 aliphatic carbocycles. The van der Waals surface area contributed by atoms with Gasteiger partial charge in [-0.15, -0.1) is 0 Å². The van der Waals surface area contributed by atoms with Crippen LogP contribution in [0.25, 0.3) is 0 Å². The first-order valence-electron chi connectivity index (χ1n) is 7.05. The first-order chi connectivity index (χ1) is 10.1. The summed E-state index contributed by atoms with van der Waals surface area (Å²) in [5, 5.41) is 0. The number of benzene rings is 2. The van der Waals surface area contributed by atoms with Gasteiger partial charge in [0, 0.05) is 21.8 Å². The standard InChI is InChI=1S/C17H17BrN2S/c1-11-9-10-12-5-2-3-7-14(12)20(11)15-8-4-6-13(18)16(15)17(19)21/h2-8,11H,9-10H2,1H3,(H2,19,21). The Morgan fingerprint density at radius 2 is 1.90 bits per heavy atom. The molecule has 0 amide bonds. The lowest BCUT2D eigenvalue weighted by Crippen LogP contribution is -2.34. The van der Waals surface area contributed by atoms with Gasteiger partial charge in [0.05, 0.1) is 5.69 Å². The summed E-state index contributed by atoms with van der Waals surface area (Å²) in [5.41, 5.74) is 10.6. The fourth-order valence-corrected chi connectivity index (χ4v) is 3.93. The van der Waals surface area contributed by atoms with Crippen LogP contribution in [-0.2, 0) is 6.42 Å². The topological polar surface area (TPSA) is 29.3 Å². The molecule has 0 saturated carbocycles. The Bertz CT molecular complexity index is 699. The summed E-state index contributed by atoms with van der Waals surface area (Å²) in [6.45, 7) is 2.25. The molecular formula is C17H17BrN2S. The highest BCUT2D eigenvalue weighted by Crippen LogP contribution is 2.39. The molecule has 2 aromatic carbocycles. The van der Waals surface area contributed by atoms with Crippen molar-refractivity contribution in [3.05, 3.63) is 58.1 Å². The van der Waals surface area contributed by atoms with Gasteiger partial charge >= 0.3 is 0 Å². The molecule has 1 heterocycles. The van der Waals surface area contributed by atoms with Crippen LogP contribution in [0.4, 0.5) is 11.4 Å². The van der Waals surface area contributed by atoms with Crippen LogP contribution in [0.15, 0.2) is 46.9 Å². The predicted molar refractivity (Wildman–Crippen MR) is 96.4 cm³/mol. The van der Waals surface area contributed by atoms with E-state index in [0.717, 1.165) is 28.6 Å². The van der Waals surface area contributed by atoms with Gasteiger partial charge in [0.15, 0.2) is 0 Å². The Morgan fingerprint density at radius 3 is 2.67 bits per heavy atom. The molecule has 3 rings (SSSR count). The van der Waals surface area contributed by atoms with Crippen molar-refractivity contribution in [1.29, 1.82) is 0 Å². The van der Waals surface area contributed by atoms with E-state index in [-0.39, 0.29) is 0 Å². The number of anilines is 2. The van der Waals surface area contributed by atoms with Crippen molar-refractivity contribution < 1.29 is 0 Å². The molecule has 1 aliphatic heterocycles. The van der Waals surface area contributed by atoms with Crippen LogP contribution in [0.2, 0.25) is 0 Å². The second-order valence-electron chi connectivity index (χ2n) is 5.38. The van der Waals surface area contributed by atoms with Gasteiger partial charge in [0.2, 0.25) is 0 Å². The van der Waals surface area contributed by atoms with Gasteiger partial charge in [-0.1, -0.05) is 36.5 Å². The third kappa shape index (κ3) is 2.58. The van der Waals surface area contributed by atoms with Crippen molar-refractivity contribution in [3.8, 4) is 0 Å². The summed E-state index contributed by atoms with van der Waals surface area (Å²) >= 11 is 8.84. The maximum Gasteiger partial charge on any atom is 0.107 e. The van der Waals surface area contributed by atoms with Crippen molar-refractivity contribution in [2.45, 2.75) is 25.8 Å². The molecule has 0 saturated heterocycles. The second-order valence-corrected chi connectivity index (χ2v) is 6.68. The fraction of sp³-hybridized carbons (Fsp3) is 0.235. The van der Waals surface area contributed by atoms with E-state index in [2.05, 4.69) is 58.1 Å². The number of thiocarbonyl (C=S) groups is 1. The summed E-state index contributed by atoms with van der Waals surface area (Å²) in [4.78, 5) is 2.78. The lowest BCUT2D eigenvalue weighted by atomic mass is 9.95. The minimum Gasteiger partial charge on any atom is -0.389 e. The molecule has 21 heavy (non-hydrogen) atoms. The number of fused-ring (bicyclic) bond motifs is 1. The first-order valence-corrected chi connectivity index (χ1v) is 8.25. The van der Waals surface area contributed by atoms with E-state index in [4.69, 9.17) is 18.0 Å². The molecule has 1 aliphatic rings. The van der Waals surface area contributed by atoms with Crippen LogP contribution < -0.4 is 10.6 Å². The normalized spacial score (nSPS) is 17.4. The van der Waals surface area contributed by atoms with Crippen molar-refractivity contribution in [2.24, 2.45) is 5.73 Å². The summed E-state index contributed by atoms with van der Waals surface area (Å²) in [6, 6.07) is 15.1. The largest absolute Gasteiger partial charge is 0.389 e. The maximum atomic E-state index is 5.96. The van der Waals surface area contributed by atoms with Gasteiger partial charge < -0.3 is 10.6 Å². The number of hydrogen-bond donors (Lipinski definition) is 1. The van der Waals surface area contributed by atoms with Crippen molar-refractivity contribution in [1.82, 2.24) is 0 Å². The van der Waals surface area contributed by atoms with Crippen LogP contribution in [0.1, 0.15) is 24.5 Å². The minimum atomic E-state index is 0.419. The number of hydrogen-bond acceptors (Lipinski definition) is 2. The molecule has 0 radical (unpaired) electrons. The van der Waals surface area contributed by atoms with Crippen molar-refractivity contribution in [2.75, 3.05) is 4.90 Å². The van der Waals surface area contributed by atoms with Gasteiger partial charge in [0.25, 0.3) is 0 Å². The number of nitrogens with zero attached hydrogens (tertiary/aromatic N) is 1. The highest BCUT2D eigenvalue weighted by atomic mass is 79.9. The molecule has 1 unspecified atom stereocenters. The molecule has 0 fully saturated rings. The zero-order chi connectivity index (χ0) is 15.0. The molecule has 0 spiro atoms. The molecule has 108 valence electrons. The molecule has 1 atom stereocenters. The Hall–Kier alpha value is -1.39. The smallest absolute Gasteiger partial charge is 0.107 e. The van der Waals surface area contributed by atoms with Gasteiger partial charge in [-0.25, -0.2) is 0 Å². The SMILES string of the molecule is CC1CCc2ccccc2N1c1cccc(Br)c1C(N)=S. The molecule has 0 aromatic heterocycles. The average Bonchev–Trinajstić information content (AvgIpc) is 2.46. The monoisotopic (exact) mass is 360 g/mol. The van der Waals surface area contributed by atoms with Crippen LogP contribution in [-0.4, -0.2) is 11.0 Å². The number of rotatable bonds is 2. The van der Waals surface area contributed by atoms with E-state index in [0.29, 0.717) is 11.0 Å². The Labute approximate surface area is 139 Å². The van der Waals surface area contributed by atoms with Crippen LogP contribution >= 0.6 is 28.1 Å². The molecule has 2 aromatic rings. The predicted octanol–water partition coefficient (Wildman–Crippen LogP) is 4.56. The Morgan fingerprint density at radius 1 is 1.19 bits per heavy atom. The molecule has 2 nitrogen and oxygen atoms in total. The van der Waals surface area contributed by atoms with Crippen molar-refractivity contribution in [3.63, 3.8) is 0 Å². The van der Waals surface area contributed by atoms with E-state index in [9.17, 15) is 0 Å². The van der Waals surface area contributed by atoms with Gasteiger partial charge in [-0.2, -0.15) is 0 Å². The highest BCUT2D eigenvalue weighted by Gasteiger charge is 2.26. The zero-order valence-electron chi connectivity index (χ0n) is 11.8.